The first-order valence-electron chi connectivity index (χ1n) is 4.43. The third kappa shape index (κ3) is 1.61. The maximum Gasteiger partial charge on any atom is 0.221 e. The van der Waals surface area contributed by atoms with Crippen LogP contribution in [0.2, 0.25) is 0 Å². The van der Waals surface area contributed by atoms with Crippen LogP contribution in [-0.2, 0) is 19.9 Å². The van der Waals surface area contributed by atoms with Gasteiger partial charge in [0.1, 0.15) is 11.6 Å². The minimum atomic E-state index is 0.444. The van der Waals surface area contributed by atoms with Gasteiger partial charge in [-0.1, -0.05) is 0 Å². The van der Waals surface area contributed by atoms with Crippen molar-refractivity contribution in [2.24, 2.45) is 7.05 Å². The highest BCUT2D eigenvalue weighted by molar-refractivity contribution is 5.16. The monoisotopic (exact) mass is 192 g/mol. The molecule has 0 aliphatic carbocycles. The molecule has 0 amide bonds. The first-order chi connectivity index (χ1) is 6.77. The zero-order chi connectivity index (χ0) is 9.97. The Morgan fingerprint density at radius 2 is 2.29 bits per heavy atom. The predicted octanol–water partition coefficient (Wildman–Crippen LogP) is 0.775. The molecule has 0 saturated heterocycles. The second-order valence-corrected chi connectivity index (χ2v) is 3.11. The lowest BCUT2D eigenvalue weighted by Gasteiger charge is -1.99. The fourth-order valence-electron chi connectivity index (χ4n) is 1.28. The van der Waals surface area contributed by atoms with Crippen LogP contribution in [0.3, 0.4) is 0 Å². The van der Waals surface area contributed by atoms with Crippen LogP contribution >= 0.6 is 0 Å². The zero-order valence-corrected chi connectivity index (χ0v) is 7.97. The third-order valence-electron chi connectivity index (χ3n) is 2.17. The second kappa shape index (κ2) is 3.53. The molecule has 0 unspecified atom stereocenters. The van der Waals surface area contributed by atoms with Crippen molar-refractivity contribution in [3.8, 4) is 0 Å². The molecule has 0 aliphatic rings. The Bertz CT molecular complexity index is 404. The van der Waals surface area contributed by atoms with E-state index in [2.05, 4.69) is 10.2 Å². The Hall–Kier alpha value is -1.78. The predicted molar refractivity (Wildman–Crippen MR) is 51.5 cm³/mol. The Morgan fingerprint density at radius 3 is 2.86 bits per heavy atom. The number of aromatic nitrogens is 3. The van der Waals surface area contributed by atoms with E-state index in [1.54, 1.807) is 10.8 Å². The van der Waals surface area contributed by atoms with Gasteiger partial charge >= 0.3 is 0 Å². The molecule has 0 spiro atoms. The zero-order valence-electron chi connectivity index (χ0n) is 7.97. The lowest BCUT2D eigenvalue weighted by molar-refractivity contribution is 0.505. The van der Waals surface area contributed by atoms with Crippen LogP contribution in [0.5, 0.6) is 0 Å². The summed E-state index contributed by atoms with van der Waals surface area (Å²) in [6.45, 7) is 0. The SMILES string of the molecule is Cn1c(N)nnc1CCc1ccco1. The third-order valence-corrected chi connectivity index (χ3v) is 2.17. The van der Waals surface area contributed by atoms with Crippen LogP contribution in [0, 0.1) is 0 Å². The highest BCUT2D eigenvalue weighted by Gasteiger charge is 2.06. The van der Waals surface area contributed by atoms with E-state index in [4.69, 9.17) is 10.2 Å². The molecule has 0 aromatic carbocycles. The second-order valence-electron chi connectivity index (χ2n) is 3.11. The normalized spacial score (nSPS) is 10.6. The van der Waals surface area contributed by atoms with Crippen molar-refractivity contribution in [2.75, 3.05) is 5.73 Å². The molecular formula is C9H12N4O. The van der Waals surface area contributed by atoms with Gasteiger partial charge in [-0.25, -0.2) is 0 Å². The standard InChI is InChI=1S/C9H12N4O/c1-13-8(11-12-9(13)10)5-4-7-3-2-6-14-7/h2-3,6H,4-5H2,1H3,(H2,10,12). The number of furan rings is 1. The summed E-state index contributed by atoms with van der Waals surface area (Å²) in [7, 11) is 1.85. The quantitative estimate of drug-likeness (QED) is 0.780. The lowest BCUT2D eigenvalue weighted by Crippen LogP contribution is -2.03. The van der Waals surface area contributed by atoms with E-state index in [9.17, 15) is 0 Å². The Morgan fingerprint density at radius 1 is 1.43 bits per heavy atom. The highest BCUT2D eigenvalue weighted by atomic mass is 16.3. The molecule has 2 N–H and O–H groups in total. The van der Waals surface area contributed by atoms with Crippen molar-refractivity contribution in [2.45, 2.75) is 12.8 Å². The van der Waals surface area contributed by atoms with E-state index in [1.807, 2.05) is 19.2 Å². The van der Waals surface area contributed by atoms with Crippen LogP contribution in [0.25, 0.3) is 0 Å². The summed E-state index contributed by atoms with van der Waals surface area (Å²) in [6, 6.07) is 3.82. The highest BCUT2D eigenvalue weighted by Crippen LogP contribution is 2.07. The summed E-state index contributed by atoms with van der Waals surface area (Å²) in [5.74, 6) is 2.27. The van der Waals surface area contributed by atoms with Gasteiger partial charge in [-0.3, -0.25) is 0 Å². The molecule has 5 heteroatoms. The molecule has 74 valence electrons. The van der Waals surface area contributed by atoms with Crippen molar-refractivity contribution in [3.63, 3.8) is 0 Å². The van der Waals surface area contributed by atoms with E-state index >= 15 is 0 Å². The minimum Gasteiger partial charge on any atom is -0.469 e. The Kier molecular flexibility index (Phi) is 2.22. The number of hydrogen-bond donors (Lipinski definition) is 1. The Labute approximate surface area is 81.5 Å². The molecule has 2 rings (SSSR count). The summed E-state index contributed by atoms with van der Waals surface area (Å²) in [4.78, 5) is 0. The van der Waals surface area contributed by atoms with Crippen molar-refractivity contribution in [3.05, 3.63) is 30.0 Å². The minimum absolute atomic E-state index is 0.444. The Balaban J connectivity index is 2.02. The fraction of sp³-hybridized carbons (Fsp3) is 0.333. The average molecular weight is 192 g/mol. The largest absolute Gasteiger partial charge is 0.469 e. The van der Waals surface area contributed by atoms with Gasteiger partial charge in [0.15, 0.2) is 0 Å². The van der Waals surface area contributed by atoms with Crippen molar-refractivity contribution in [1.29, 1.82) is 0 Å². The summed E-state index contributed by atoms with van der Waals surface area (Å²) >= 11 is 0. The van der Waals surface area contributed by atoms with E-state index in [-0.39, 0.29) is 0 Å². The molecule has 0 saturated carbocycles. The van der Waals surface area contributed by atoms with Gasteiger partial charge in [0, 0.05) is 19.9 Å². The molecule has 14 heavy (non-hydrogen) atoms. The van der Waals surface area contributed by atoms with Crippen molar-refractivity contribution >= 4 is 5.95 Å². The summed E-state index contributed by atoms with van der Waals surface area (Å²) in [6.07, 6.45) is 3.27. The molecular weight excluding hydrogens is 180 g/mol. The van der Waals surface area contributed by atoms with Gasteiger partial charge in [0.2, 0.25) is 5.95 Å². The number of rotatable bonds is 3. The fourth-order valence-corrected chi connectivity index (χ4v) is 1.28. The van der Waals surface area contributed by atoms with Gasteiger partial charge in [0.05, 0.1) is 6.26 Å². The number of anilines is 1. The smallest absolute Gasteiger partial charge is 0.221 e. The van der Waals surface area contributed by atoms with Crippen LogP contribution in [-0.4, -0.2) is 14.8 Å². The molecule has 0 radical (unpaired) electrons. The average Bonchev–Trinajstić information content (AvgIpc) is 2.77. The molecule has 0 atom stereocenters. The summed E-state index contributed by atoms with van der Waals surface area (Å²) in [5, 5.41) is 7.74. The summed E-state index contributed by atoms with van der Waals surface area (Å²) < 4.78 is 6.99. The maximum absolute atomic E-state index is 5.56. The van der Waals surface area contributed by atoms with Gasteiger partial charge in [-0.15, -0.1) is 10.2 Å². The topological polar surface area (TPSA) is 69.9 Å². The van der Waals surface area contributed by atoms with E-state index in [1.165, 1.54) is 0 Å². The first-order valence-corrected chi connectivity index (χ1v) is 4.43. The number of nitrogens with two attached hydrogens (primary N) is 1. The van der Waals surface area contributed by atoms with Crippen molar-refractivity contribution in [1.82, 2.24) is 14.8 Å². The number of nitrogens with zero attached hydrogens (tertiary/aromatic N) is 3. The molecule has 0 fully saturated rings. The maximum atomic E-state index is 5.56. The molecule has 2 aromatic heterocycles. The van der Waals surface area contributed by atoms with Crippen LogP contribution in [0.15, 0.2) is 22.8 Å². The number of nitrogen functional groups attached to an aromatic ring is 1. The molecule has 5 nitrogen and oxygen atoms in total. The van der Waals surface area contributed by atoms with Crippen LogP contribution < -0.4 is 5.73 Å². The van der Waals surface area contributed by atoms with Crippen LogP contribution in [0.4, 0.5) is 5.95 Å². The number of hydrogen-bond acceptors (Lipinski definition) is 4. The van der Waals surface area contributed by atoms with Gasteiger partial charge in [-0.05, 0) is 12.1 Å². The van der Waals surface area contributed by atoms with Crippen LogP contribution in [0.1, 0.15) is 11.6 Å². The molecule has 2 aromatic rings. The number of aryl methyl sites for hydroxylation is 2. The van der Waals surface area contributed by atoms with E-state index in [0.29, 0.717) is 5.95 Å². The van der Waals surface area contributed by atoms with E-state index < -0.39 is 0 Å². The molecule has 2 heterocycles. The molecule has 0 aliphatic heterocycles. The summed E-state index contributed by atoms with van der Waals surface area (Å²) in [5.41, 5.74) is 5.56. The lowest BCUT2D eigenvalue weighted by atomic mass is 10.2. The van der Waals surface area contributed by atoms with Gasteiger partial charge in [-0.2, -0.15) is 0 Å². The van der Waals surface area contributed by atoms with Gasteiger partial charge in [0.25, 0.3) is 0 Å². The first kappa shape index (κ1) is 8.80. The molecule has 0 bridgehead atoms. The van der Waals surface area contributed by atoms with Crippen molar-refractivity contribution < 1.29 is 4.42 Å². The van der Waals surface area contributed by atoms with Gasteiger partial charge < -0.3 is 14.7 Å². The van der Waals surface area contributed by atoms with E-state index in [0.717, 1.165) is 24.4 Å².